The molecular weight excluding hydrogens is 406 g/mol. The molecule has 1 fully saturated rings. The van der Waals surface area contributed by atoms with Crippen LogP contribution in [0.1, 0.15) is 40.0 Å². The second-order valence-electron chi connectivity index (χ2n) is 8.21. The number of imide groups is 1. The first-order chi connectivity index (χ1) is 14.2. The molecule has 0 bridgehead atoms. The first-order valence-corrected chi connectivity index (χ1v) is 10.5. The minimum atomic E-state index is -0.901. The van der Waals surface area contributed by atoms with Gasteiger partial charge >= 0.3 is 0 Å². The van der Waals surface area contributed by atoms with E-state index in [1.54, 1.807) is 12.1 Å². The zero-order chi connectivity index (χ0) is 22.0. The molecule has 3 unspecified atom stereocenters. The Morgan fingerprint density at radius 3 is 2.20 bits per heavy atom. The molecule has 4 amide bonds. The SMILES string of the molecule is CC(=O)Nc1ccc(NC(=O)C(CC(C)C)N2C(=O)C3CC=CCC3C2=O)c(Cl)c1. The number of carbonyl (C=O) groups excluding carboxylic acids is 4. The summed E-state index contributed by atoms with van der Waals surface area (Å²) in [6.07, 6.45) is 5.25. The van der Waals surface area contributed by atoms with Crippen LogP contribution in [0.5, 0.6) is 0 Å². The summed E-state index contributed by atoms with van der Waals surface area (Å²) < 4.78 is 0. The minimum absolute atomic E-state index is 0.0970. The molecule has 30 heavy (non-hydrogen) atoms. The average Bonchev–Trinajstić information content (AvgIpc) is 2.92. The van der Waals surface area contributed by atoms with Crippen molar-refractivity contribution in [2.24, 2.45) is 17.8 Å². The number of hydrogen-bond donors (Lipinski definition) is 2. The molecule has 1 aliphatic carbocycles. The van der Waals surface area contributed by atoms with Crippen molar-refractivity contribution >= 4 is 46.6 Å². The summed E-state index contributed by atoms with van der Waals surface area (Å²) in [6.45, 7) is 5.27. The number of amides is 4. The number of halogens is 1. The predicted molar refractivity (Wildman–Crippen MR) is 115 cm³/mol. The molecular formula is C22H26ClN3O4. The van der Waals surface area contributed by atoms with Gasteiger partial charge in [-0.05, 0) is 43.4 Å². The number of benzene rings is 1. The second kappa shape index (κ2) is 9.00. The first kappa shape index (κ1) is 22.0. The summed E-state index contributed by atoms with van der Waals surface area (Å²) in [5, 5.41) is 5.62. The number of fused-ring (bicyclic) bond motifs is 1. The Morgan fingerprint density at radius 2 is 1.70 bits per heavy atom. The molecule has 0 aromatic heterocycles. The van der Waals surface area contributed by atoms with Gasteiger partial charge in [-0.2, -0.15) is 0 Å². The van der Waals surface area contributed by atoms with Crippen LogP contribution in [-0.2, 0) is 19.2 Å². The third-order valence-corrected chi connectivity index (χ3v) is 5.71. The summed E-state index contributed by atoms with van der Waals surface area (Å²) in [5.41, 5.74) is 0.855. The third kappa shape index (κ3) is 4.56. The van der Waals surface area contributed by atoms with E-state index in [0.29, 0.717) is 30.6 Å². The van der Waals surface area contributed by atoms with Crippen molar-refractivity contribution in [3.8, 4) is 0 Å². The van der Waals surface area contributed by atoms with Gasteiger partial charge in [0.05, 0.1) is 22.5 Å². The average molecular weight is 432 g/mol. The largest absolute Gasteiger partial charge is 0.326 e. The van der Waals surface area contributed by atoms with Crippen LogP contribution in [0, 0.1) is 17.8 Å². The maximum absolute atomic E-state index is 13.1. The molecule has 8 heteroatoms. The zero-order valence-electron chi connectivity index (χ0n) is 17.3. The third-order valence-electron chi connectivity index (χ3n) is 5.40. The van der Waals surface area contributed by atoms with Crippen LogP contribution in [0.3, 0.4) is 0 Å². The lowest BCUT2D eigenvalue weighted by atomic mass is 9.85. The number of likely N-dealkylation sites (tertiary alicyclic amines) is 1. The van der Waals surface area contributed by atoms with Crippen LogP contribution in [0.15, 0.2) is 30.4 Å². The van der Waals surface area contributed by atoms with E-state index in [1.165, 1.54) is 13.0 Å². The lowest BCUT2D eigenvalue weighted by molar-refractivity contribution is -0.147. The smallest absolute Gasteiger partial charge is 0.247 e. The van der Waals surface area contributed by atoms with Crippen molar-refractivity contribution in [1.82, 2.24) is 4.90 Å². The van der Waals surface area contributed by atoms with Gasteiger partial charge in [-0.15, -0.1) is 0 Å². The van der Waals surface area contributed by atoms with Gasteiger partial charge in [0.1, 0.15) is 6.04 Å². The molecule has 3 atom stereocenters. The Hall–Kier alpha value is -2.67. The molecule has 1 saturated heterocycles. The van der Waals surface area contributed by atoms with Crippen LogP contribution in [0.4, 0.5) is 11.4 Å². The van der Waals surface area contributed by atoms with Crippen LogP contribution < -0.4 is 10.6 Å². The van der Waals surface area contributed by atoms with E-state index in [1.807, 2.05) is 26.0 Å². The molecule has 3 rings (SSSR count). The molecule has 1 aromatic rings. The number of nitrogens with one attached hydrogen (secondary N) is 2. The maximum Gasteiger partial charge on any atom is 0.247 e. The van der Waals surface area contributed by atoms with Crippen molar-refractivity contribution in [2.45, 2.75) is 46.1 Å². The number of nitrogens with zero attached hydrogens (tertiary/aromatic N) is 1. The molecule has 0 radical (unpaired) electrons. The maximum atomic E-state index is 13.1. The van der Waals surface area contributed by atoms with Gasteiger partial charge in [0, 0.05) is 12.6 Å². The lowest BCUT2D eigenvalue weighted by Crippen LogP contribution is -2.48. The molecule has 2 N–H and O–H groups in total. The number of rotatable bonds is 6. The van der Waals surface area contributed by atoms with Crippen LogP contribution in [0.2, 0.25) is 5.02 Å². The Kier molecular flexibility index (Phi) is 6.61. The predicted octanol–water partition coefficient (Wildman–Crippen LogP) is 3.60. The monoisotopic (exact) mass is 431 g/mol. The van der Waals surface area contributed by atoms with Crippen molar-refractivity contribution < 1.29 is 19.2 Å². The van der Waals surface area contributed by atoms with Gasteiger partial charge in [0.15, 0.2) is 0 Å². The number of anilines is 2. The molecule has 0 saturated carbocycles. The van der Waals surface area contributed by atoms with E-state index >= 15 is 0 Å². The minimum Gasteiger partial charge on any atom is -0.326 e. The van der Waals surface area contributed by atoms with E-state index in [2.05, 4.69) is 10.6 Å². The number of allylic oxidation sites excluding steroid dienone is 2. The van der Waals surface area contributed by atoms with Gasteiger partial charge < -0.3 is 10.6 Å². The van der Waals surface area contributed by atoms with Gasteiger partial charge in [0.25, 0.3) is 0 Å². The first-order valence-electron chi connectivity index (χ1n) is 10.1. The van der Waals surface area contributed by atoms with E-state index < -0.39 is 11.9 Å². The summed E-state index contributed by atoms with van der Waals surface area (Å²) in [7, 11) is 0. The second-order valence-corrected chi connectivity index (χ2v) is 8.62. The van der Waals surface area contributed by atoms with Gasteiger partial charge in [0.2, 0.25) is 23.6 Å². The van der Waals surface area contributed by atoms with Crippen LogP contribution >= 0.6 is 11.6 Å². The van der Waals surface area contributed by atoms with Crippen molar-refractivity contribution in [1.29, 1.82) is 0 Å². The van der Waals surface area contributed by atoms with E-state index in [-0.39, 0.29) is 40.5 Å². The highest BCUT2D eigenvalue weighted by Gasteiger charge is 2.51. The summed E-state index contributed by atoms with van der Waals surface area (Å²) >= 11 is 6.26. The molecule has 7 nitrogen and oxygen atoms in total. The van der Waals surface area contributed by atoms with Gasteiger partial charge in [-0.3, -0.25) is 24.1 Å². The van der Waals surface area contributed by atoms with Crippen molar-refractivity contribution in [2.75, 3.05) is 10.6 Å². The fourth-order valence-electron chi connectivity index (χ4n) is 4.02. The number of carbonyl (C=O) groups is 4. The quantitative estimate of drug-likeness (QED) is 0.531. The summed E-state index contributed by atoms with van der Waals surface area (Å²) in [4.78, 5) is 51.4. The standard InChI is InChI=1S/C22H26ClN3O4/c1-12(2)10-19(26-21(29)15-6-4-5-7-16(15)22(26)30)20(28)25-18-9-8-14(11-17(18)23)24-13(3)27/h4-5,8-9,11-12,15-16,19H,6-7,10H2,1-3H3,(H,24,27)(H,25,28). The molecule has 1 aliphatic heterocycles. The van der Waals surface area contributed by atoms with E-state index in [9.17, 15) is 19.2 Å². The van der Waals surface area contributed by atoms with Crippen molar-refractivity contribution in [3.05, 3.63) is 35.4 Å². The van der Waals surface area contributed by atoms with Crippen LogP contribution in [-0.4, -0.2) is 34.6 Å². The van der Waals surface area contributed by atoms with E-state index in [0.717, 1.165) is 4.90 Å². The van der Waals surface area contributed by atoms with Crippen molar-refractivity contribution in [3.63, 3.8) is 0 Å². The Balaban J connectivity index is 1.82. The highest BCUT2D eigenvalue weighted by Crippen LogP contribution is 2.37. The molecule has 2 aliphatic rings. The molecule has 0 spiro atoms. The molecule has 1 heterocycles. The Labute approximate surface area is 180 Å². The lowest BCUT2D eigenvalue weighted by Gasteiger charge is -2.27. The highest BCUT2D eigenvalue weighted by molar-refractivity contribution is 6.34. The Morgan fingerprint density at radius 1 is 1.10 bits per heavy atom. The number of hydrogen-bond acceptors (Lipinski definition) is 4. The molecule has 1 aromatic carbocycles. The fourth-order valence-corrected chi connectivity index (χ4v) is 4.25. The summed E-state index contributed by atoms with van der Waals surface area (Å²) in [6, 6.07) is 3.83. The van der Waals surface area contributed by atoms with E-state index in [4.69, 9.17) is 11.6 Å². The van der Waals surface area contributed by atoms with Gasteiger partial charge in [-0.1, -0.05) is 37.6 Å². The topological polar surface area (TPSA) is 95.6 Å². The summed E-state index contributed by atoms with van der Waals surface area (Å²) in [5.74, 6) is -1.91. The van der Waals surface area contributed by atoms with Gasteiger partial charge in [-0.25, -0.2) is 0 Å². The highest BCUT2D eigenvalue weighted by atomic mass is 35.5. The normalized spacial score (nSPS) is 21.6. The zero-order valence-corrected chi connectivity index (χ0v) is 18.0. The Bertz CT molecular complexity index is 886. The molecule has 160 valence electrons. The van der Waals surface area contributed by atoms with Crippen LogP contribution in [0.25, 0.3) is 0 Å². The fraction of sp³-hybridized carbons (Fsp3) is 0.455.